The normalized spacial score (nSPS) is 18.8. The van der Waals surface area contributed by atoms with Gasteiger partial charge in [-0.1, -0.05) is 6.07 Å². The van der Waals surface area contributed by atoms with E-state index in [-0.39, 0.29) is 23.2 Å². The Morgan fingerprint density at radius 2 is 2.06 bits per heavy atom. The fourth-order valence-corrected chi connectivity index (χ4v) is 3.88. The summed E-state index contributed by atoms with van der Waals surface area (Å²) in [7, 11) is 0. The van der Waals surface area contributed by atoms with Gasteiger partial charge in [0.05, 0.1) is 18.0 Å². The highest BCUT2D eigenvalue weighted by atomic mass is 19.1. The average molecular weight is 437 g/mol. The van der Waals surface area contributed by atoms with Gasteiger partial charge in [0, 0.05) is 43.3 Å². The van der Waals surface area contributed by atoms with Crippen molar-refractivity contribution in [1.82, 2.24) is 19.7 Å². The van der Waals surface area contributed by atoms with Gasteiger partial charge in [0.2, 0.25) is 5.95 Å². The fourth-order valence-electron chi connectivity index (χ4n) is 3.88. The maximum absolute atomic E-state index is 13.9. The van der Waals surface area contributed by atoms with Crippen LogP contribution in [-0.4, -0.2) is 38.7 Å². The highest BCUT2D eigenvalue weighted by Gasteiger charge is 2.32. The minimum Gasteiger partial charge on any atom is -0.365 e. The number of carbonyl (C=O) groups is 1. The van der Waals surface area contributed by atoms with Crippen LogP contribution in [-0.2, 0) is 6.54 Å². The van der Waals surface area contributed by atoms with Crippen molar-refractivity contribution in [2.24, 2.45) is 11.7 Å². The molecule has 2 atom stereocenters. The van der Waals surface area contributed by atoms with Crippen LogP contribution in [0.15, 0.2) is 48.8 Å². The molecular weight excluding hydrogens is 416 g/mol. The third-order valence-corrected chi connectivity index (χ3v) is 5.50. The van der Waals surface area contributed by atoms with Gasteiger partial charge in [-0.15, -0.1) is 0 Å². The molecule has 10 heteroatoms. The zero-order valence-corrected chi connectivity index (χ0v) is 17.1. The molecular formula is C22H21F2N7O. The average Bonchev–Trinajstić information content (AvgIpc) is 3.20. The van der Waals surface area contributed by atoms with Gasteiger partial charge in [-0.05, 0) is 36.8 Å². The van der Waals surface area contributed by atoms with E-state index >= 15 is 0 Å². The van der Waals surface area contributed by atoms with Crippen LogP contribution < -0.4 is 11.1 Å². The summed E-state index contributed by atoms with van der Waals surface area (Å²) in [6.45, 7) is 1.39. The summed E-state index contributed by atoms with van der Waals surface area (Å²) in [5.74, 6) is -1.76. The molecule has 2 aromatic heterocycles. The molecule has 8 nitrogen and oxygen atoms in total. The number of hydrogen-bond donors (Lipinski definition) is 2. The SMILES string of the molecule is N#C[C@H]1CN(Cc2cccnc2F)CC[C@@H]1n1cc(C(N)=O)c(Nc2ccc(F)cc2)n1. The predicted molar refractivity (Wildman–Crippen MR) is 113 cm³/mol. The van der Waals surface area contributed by atoms with Crippen molar-refractivity contribution in [2.75, 3.05) is 18.4 Å². The van der Waals surface area contributed by atoms with Crippen LogP contribution in [0, 0.1) is 29.0 Å². The van der Waals surface area contributed by atoms with Gasteiger partial charge in [0.25, 0.3) is 5.91 Å². The van der Waals surface area contributed by atoms with Crippen molar-refractivity contribution in [1.29, 1.82) is 5.26 Å². The fraction of sp³-hybridized carbons (Fsp3) is 0.273. The number of nitrogens with one attached hydrogen (secondary N) is 1. The number of amides is 1. The Hall–Kier alpha value is -3.84. The molecule has 1 aromatic carbocycles. The molecule has 0 unspecified atom stereocenters. The highest BCUT2D eigenvalue weighted by Crippen LogP contribution is 2.31. The van der Waals surface area contributed by atoms with E-state index in [9.17, 15) is 18.8 Å². The number of pyridine rings is 1. The number of halogens is 2. The van der Waals surface area contributed by atoms with Crippen LogP contribution >= 0.6 is 0 Å². The summed E-state index contributed by atoms with van der Waals surface area (Å²) < 4.78 is 28.7. The van der Waals surface area contributed by atoms with E-state index in [1.807, 2.05) is 4.90 Å². The van der Waals surface area contributed by atoms with Gasteiger partial charge < -0.3 is 11.1 Å². The molecule has 0 aliphatic carbocycles. The van der Waals surface area contributed by atoms with E-state index in [4.69, 9.17) is 5.73 Å². The second kappa shape index (κ2) is 9.11. The second-order valence-corrected chi connectivity index (χ2v) is 7.65. The Kier molecular flexibility index (Phi) is 6.09. The number of benzene rings is 1. The Balaban J connectivity index is 1.52. The largest absolute Gasteiger partial charge is 0.365 e. The summed E-state index contributed by atoms with van der Waals surface area (Å²) in [5.41, 5.74) is 6.71. The number of hydrogen-bond acceptors (Lipinski definition) is 6. The lowest BCUT2D eigenvalue weighted by molar-refractivity contribution is 0.100. The summed E-state index contributed by atoms with van der Waals surface area (Å²) in [6, 6.07) is 11.0. The van der Waals surface area contributed by atoms with Crippen molar-refractivity contribution in [3.63, 3.8) is 0 Å². The first-order chi connectivity index (χ1) is 15.4. The molecule has 1 amide bonds. The standard InChI is InChI=1S/C22H21F2N7O/c23-16-3-5-17(6-4-16)28-22-18(21(26)32)13-31(29-22)19-7-9-30(12-15(19)10-25)11-14-2-1-8-27-20(14)24/h1-6,8,13,15,19H,7,9,11-12H2,(H2,26,32)(H,28,29)/t15-,19-/m0/s1. The number of nitriles is 1. The summed E-state index contributed by atoms with van der Waals surface area (Å²) in [4.78, 5) is 17.6. The lowest BCUT2D eigenvalue weighted by Gasteiger charge is -2.35. The number of likely N-dealkylation sites (tertiary alicyclic amines) is 1. The van der Waals surface area contributed by atoms with Gasteiger partial charge in [0.1, 0.15) is 11.4 Å². The van der Waals surface area contributed by atoms with Crippen molar-refractivity contribution >= 4 is 17.4 Å². The van der Waals surface area contributed by atoms with E-state index < -0.39 is 17.8 Å². The highest BCUT2D eigenvalue weighted by molar-refractivity contribution is 5.98. The Morgan fingerprint density at radius 3 is 2.75 bits per heavy atom. The first-order valence-corrected chi connectivity index (χ1v) is 10.1. The molecule has 0 spiro atoms. The van der Waals surface area contributed by atoms with E-state index in [1.165, 1.54) is 36.7 Å². The Labute approximate surface area is 183 Å². The molecule has 0 saturated carbocycles. The van der Waals surface area contributed by atoms with E-state index in [0.717, 1.165) is 0 Å². The molecule has 1 saturated heterocycles. The molecule has 3 heterocycles. The monoisotopic (exact) mass is 437 g/mol. The summed E-state index contributed by atoms with van der Waals surface area (Å²) in [6.07, 6.45) is 3.50. The van der Waals surface area contributed by atoms with Gasteiger partial charge in [0.15, 0.2) is 5.82 Å². The van der Waals surface area contributed by atoms with Gasteiger partial charge in [-0.3, -0.25) is 14.4 Å². The minimum absolute atomic E-state index is 0.172. The molecule has 1 fully saturated rings. The van der Waals surface area contributed by atoms with Crippen LogP contribution in [0.25, 0.3) is 0 Å². The maximum Gasteiger partial charge on any atom is 0.254 e. The minimum atomic E-state index is -0.668. The predicted octanol–water partition coefficient (Wildman–Crippen LogP) is 2.99. The van der Waals surface area contributed by atoms with Crippen LogP contribution in [0.1, 0.15) is 28.4 Å². The molecule has 0 bridgehead atoms. The zero-order valence-electron chi connectivity index (χ0n) is 17.1. The van der Waals surface area contributed by atoms with Crippen LogP contribution in [0.2, 0.25) is 0 Å². The van der Waals surface area contributed by atoms with Crippen molar-refractivity contribution in [2.45, 2.75) is 19.0 Å². The number of nitrogens with two attached hydrogens (primary N) is 1. The molecule has 1 aliphatic rings. The topological polar surface area (TPSA) is 113 Å². The van der Waals surface area contributed by atoms with E-state index in [1.54, 1.807) is 16.8 Å². The van der Waals surface area contributed by atoms with Crippen molar-refractivity contribution in [3.8, 4) is 6.07 Å². The first-order valence-electron chi connectivity index (χ1n) is 10.1. The lowest BCUT2D eigenvalue weighted by atomic mass is 9.93. The molecule has 3 aromatic rings. The third-order valence-electron chi connectivity index (χ3n) is 5.50. The number of aromatic nitrogens is 3. The summed E-state index contributed by atoms with van der Waals surface area (Å²) in [5, 5.41) is 17.2. The second-order valence-electron chi connectivity index (χ2n) is 7.65. The molecule has 4 rings (SSSR count). The Morgan fingerprint density at radius 1 is 1.28 bits per heavy atom. The molecule has 1 aliphatic heterocycles. The number of primary amides is 1. The van der Waals surface area contributed by atoms with E-state index in [0.29, 0.717) is 37.3 Å². The Bertz CT molecular complexity index is 1160. The zero-order chi connectivity index (χ0) is 22.7. The van der Waals surface area contributed by atoms with Crippen molar-refractivity contribution in [3.05, 3.63) is 71.7 Å². The number of carbonyl (C=O) groups excluding carboxylic acids is 1. The van der Waals surface area contributed by atoms with Gasteiger partial charge in [-0.25, -0.2) is 9.37 Å². The number of anilines is 2. The molecule has 3 N–H and O–H groups in total. The smallest absolute Gasteiger partial charge is 0.254 e. The van der Waals surface area contributed by atoms with Crippen molar-refractivity contribution < 1.29 is 13.6 Å². The summed E-state index contributed by atoms with van der Waals surface area (Å²) >= 11 is 0. The number of nitrogens with zero attached hydrogens (tertiary/aromatic N) is 5. The lowest BCUT2D eigenvalue weighted by Crippen LogP contribution is -2.40. The van der Waals surface area contributed by atoms with Crippen LogP contribution in [0.5, 0.6) is 0 Å². The van der Waals surface area contributed by atoms with Gasteiger partial charge >= 0.3 is 0 Å². The van der Waals surface area contributed by atoms with Crippen LogP contribution in [0.4, 0.5) is 20.3 Å². The molecule has 32 heavy (non-hydrogen) atoms. The van der Waals surface area contributed by atoms with Crippen LogP contribution in [0.3, 0.4) is 0 Å². The number of piperidine rings is 1. The number of rotatable bonds is 6. The first kappa shape index (κ1) is 21.4. The quantitative estimate of drug-likeness (QED) is 0.574. The van der Waals surface area contributed by atoms with E-state index in [2.05, 4.69) is 21.5 Å². The van der Waals surface area contributed by atoms with Gasteiger partial charge in [-0.2, -0.15) is 14.8 Å². The third kappa shape index (κ3) is 4.58. The maximum atomic E-state index is 13.9. The molecule has 164 valence electrons. The molecule has 0 radical (unpaired) electrons.